The number of methoxy groups -OCH3 is 1. The van der Waals surface area contributed by atoms with Crippen LogP contribution in [0.3, 0.4) is 0 Å². The molecule has 1 aliphatic rings. The van der Waals surface area contributed by atoms with Crippen molar-refractivity contribution in [1.29, 1.82) is 0 Å². The average Bonchev–Trinajstić information content (AvgIpc) is 3.28. The number of aryl methyl sites for hydroxylation is 1. The van der Waals surface area contributed by atoms with E-state index in [-0.39, 0.29) is 51.2 Å². The number of rotatable bonds is 17. The molecule has 0 N–H and O–H groups in total. The largest absolute Gasteiger partial charge is 0.469 e. The maximum atomic E-state index is 11.7. The molecule has 50 heavy (non-hydrogen) atoms. The van der Waals surface area contributed by atoms with Crippen molar-refractivity contribution in [3.8, 4) is 0 Å². The van der Waals surface area contributed by atoms with Crippen molar-refractivity contribution >= 4 is 30.9 Å². The molecule has 2 rings (SSSR count). The average molecular weight is 745 g/mol. The SMILES string of the molecule is COC(=O)CCC/C=C/C[C@H]1C(O[Si](C)(C)C(C)(C)C)C[C@H](O[Si](C)(C)C(C)(C)C)[C@@H]1/C=C/[C@H](CCc1ccccc1)O[Si](C)(C)C(C)(C)C. The summed E-state index contributed by atoms with van der Waals surface area (Å²) in [6.45, 7) is 35.3. The van der Waals surface area contributed by atoms with Crippen LogP contribution in [-0.4, -0.2) is 56.3 Å². The van der Waals surface area contributed by atoms with E-state index >= 15 is 0 Å². The summed E-state index contributed by atoms with van der Waals surface area (Å²) < 4.78 is 26.7. The molecule has 0 bridgehead atoms. The van der Waals surface area contributed by atoms with Crippen LogP contribution in [0.4, 0.5) is 0 Å². The van der Waals surface area contributed by atoms with Crippen molar-refractivity contribution in [3.05, 3.63) is 60.2 Å². The molecule has 1 saturated carbocycles. The number of esters is 1. The molecular weight excluding hydrogens is 669 g/mol. The fourth-order valence-electron chi connectivity index (χ4n) is 5.83. The van der Waals surface area contributed by atoms with E-state index in [1.165, 1.54) is 12.7 Å². The van der Waals surface area contributed by atoms with Crippen LogP contribution < -0.4 is 0 Å². The molecule has 0 aromatic heterocycles. The quantitative estimate of drug-likeness (QED) is 0.0688. The van der Waals surface area contributed by atoms with Crippen molar-refractivity contribution in [2.75, 3.05) is 7.11 Å². The van der Waals surface area contributed by atoms with Gasteiger partial charge in [0.05, 0.1) is 25.4 Å². The van der Waals surface area contributed by atoms with E-state index in [1.807, 2.05) is 0 Å². The standard InChI is InChI=1S/C42H76O5Si3/c1-40(2,3)48(11,12)45-34(29-28-33-24-20-19-21-25-33)30-31-36-35(26-22-17-18-23-27-39(43)44-10)37(46-49(13,14)41(4,5)6)32-38(36)47-50(15,16)42(7,8)9/h17,19-22,24-25,30-31,34-38H,18,23,26-29,32H2,1-16H3/b22-17+,31-30+/t34-,35+,36+,37?,38-/m0/s1. The third kappa shape index (κ3) is 13.3. The highest BCUT2D eigenvalue weighted by Gasteiger charge is 2.50. The van der Waals surface area contributed by atoms with E-state index in [4.69, 9.17) is 18.0 Å². The lowest BCUT2D eigenvalue weighted by atomic mass is 9.89. The van der Waals surface area contributed by atoms with Gasteiger partial charge in [0, 0.05) is 12.3 Å². The normalized spacial score (nSPS) is 22.1. The van der Waals surface area contributed by atoms with Crippen molar-refractivity contribution in [3.63, 3.8) is 0 Å². The summed E-state index contributed by atoms with van der Waals surface area (Å²) in [7, 11) is -4.70. The Morgan fingerprint density at radius 1 is 0.800 bits per heavy atom. The number of unbranched alkanes of at least 4 members (excludes halogenated alkanes) is 1. The Kier molecular flexibility index (Phi) is 16.3. The Bertz CT molecular complexity index is 1230. The zero-order chi connectivity index (χ0) is 38.2. The van der Waals surface area contributed by atoms with Gasteiger partial charge >= 0.3 is 5.97 Å². The topological polar surface area (TPSA) is 54.0 Å². The molecule has 1 aromatic rings. The molecule has 1 unspecified atom stereocenters. The Morgan fingerprint density at radius 3 is 1.86 bits per heavy atom. The van der Waals surface area contributed by atoms with E-state index in [0.29, 0.717) is 6.42 Å². The maximum Gasteiger partial charge on any atom is 0.305 e. The predicted octanol–water partition coefficient (Wildman–Crippen LogP) is 12.3. The van der Waals surface area contributed by atoms with Gasteiger partial charge in [-0.25, -0.2) is 0 Å². The zero-order valence-electron chi connectivity index (χ0n) is 35.1. The van der Waals surface area contributed by atoms with Crippen molar-refractivity contribution in [2.45, 2.75) is 180 Å². The van der Waals surface area contributed by atoms with E-state index in [2.05, 4.69) is 156 Å². The second-order valence-corrected chi connectivity index (χ2v) is 33.6. The first-order chi connectivity index (χ1) is 22.8. The van der Waals surface area contributed by atoms with Crippen molar-refractivity contribution in [2.24, 2.45) is 11.8 Å². The van der Waals surface area contributed by atoms with Crippen LogP contribution >= 0.6 is 0 Å². The minimum atomic E-state index is -2.07. The third-order valence-electron chi connectivity index (χ3n) is 12.3. The highest BCUT2D eigenvalue weighted by molar-refractivity contribution is 6.75. The summed E-state index contributed by atoms with van der Waals surface area (Å²) in [5.41, 5.74) is 1.35. The Balaban J connectivity index is 2.57. The van der Waals surface area contributed by atoms with Gasteiger partial charge in [-0.15, -0.1) is 0 Å². The first-order valence-corrected chi connectivity index (χ1v) is 28.0. The van der Waals surface area contributed by atoms with E-state index < -0.39 is 25.0 Å². The van der Waals surface area contributed by atoms with Crippen molar-refractivity contribution < 1.29 is 22.8 Å². The summed E-state index contributed by atoms with van der Waals surface area (Å²) in [6, 6.07) is 10.8. The second-order valence-electron chi connectivity index (χ2n) is 19.3. The van der Waals surface area contributed by atoms with Crippen molar-refractivity contribution in [1.82, 2.24) is 0 Å². The minimum Gasteiger partial charge on any atom is -0.469 e. The third-order valence-corrected chi connectivity index (χ3v) is 25.8. The Hall–Kier alpha value is -1.30. The first-order valence-electron chi connectivity index (χ1n) is 19.3. The summed E-state index contributed by atoms with van der Waals surface area (Å²) in [4.78, 5) is 11.7. The van der Waals surface area contributed by atoms with Gasteiger partial charge in [0.25, 0.3) is 0 Å². The smallest absolute Gasteiger partial charge is 0.305 e. The zero-order valence-corrected chi connectivity index (χ0v) is 38.1. The maximum absolute atomic E-state index is 11.7. The molecule has 0 aliphatic heterocycles. The summed E-state index contributed by atoms with van der Waals surface area (Å²) in [5, 5.41) is 0.347. The fraction of sp³-hybridized carbons (Fsp3) is 0.738. The number of ether oxygens (including phenoxy) is 1. The van der Waals surface area contributed by atoms with Gasteiger partial charge in [0.1, 0.15) is 0 Å². The second kappa shape index (κ2) is 18.2. The molecular formula is C42H76O5Si3. The Morgan fingerprint density at radius 2 is 1.34 bits per heavy atom. The molecule has 0 heterocycles. The summed E-state index contributed by atoms with van der Waals surface area (Å²) in [6.07, 6.45) is 15.6. The number of hydrogen-bond acceptors (Lipinski definition) is 5. The molecule has 286 valence electrons. The molecule has 1 aromatic carbocycles. The minimum absolute atomic E-state index is 0.0273. The van der Waals surface area contributed by atoms with Crippen LogP contribution in [0, 0.1) is 11.8 Å². The molecule has 0 amide bonds. The molecule has 0 radical (unpaired) electrons. The number of carbonyl (C=O) groups is 1. The van der Waals surface area contributed by atoms with Crippen LogP contribution in [0.15, 0.2) is 54.6 Å². The molecule has 1 fully saturated rings. The van der Waals surface area contributed by atoms with Crippen LogP contribution in [0.2, 0.25) is 54.4 Å². The number of hydrogen-bond donors (Lipinski definition) is 0. The number of benzene rings is 1. The lowest BCUT2D eigenvalue weighted by molar-refractivity contribution is -0.140. The van der Waals surface area contributed by atoms with Gasteiger partial charge in [-0.05, 0) is 104 Å². The highest BCUT2D eigenvalue weighted by atomic mass is 28.4. The molecule has 0 spiro atoms. The number of allylic oxidation sites excluding steroid dienone is 2. The van der Waals surface area contributed by atoms with Crippen LogP contribution in [0.5, 0.6) is 0 Å². The van der Waals surface area contributed by atoms with Gasteiger partial charge in [0.2, 0.25) is 0 Å². The van der Waals surface area contributed by atoms with Gasteiger partial charge in [-0.3, -0.25) is 4.79 Å². The van der Waals surface area contributed by atoms with Gasteiger partial charge < -0.3 is 18.0 Å². The van der Waals surface area contributed by atoms with Crippen LogP contribution in [-0.2, 0) is 29.2 Å². The molecule has 8 heteroatoms. The molecule has 5 nitrogen and oxygen atoms in total. The van der Waals surface area contributed by atoms with Gasteiger partial charge in [-0.1, -0.05) is 117 Å². The predicted molar refractivity (Wildman–Crippen MR) is 221 cm³/mol. The summed E-state index contributed by atoms with van der Waals surface area (Å²) >= 11 is 0. The van der Waals surface area contributed by atoms with Crippen LogP contribution in [0.1, 0.15) is 106 Å². The lowest BCUT2D eigenvalue weighted by Crippen LogP contribution is -2.45. The van der Waals surface area contributed by atoms with E-state index in [0.717, 1.165) is 38.5 Å². The monoisotopic (exact) mass is 745 g/mol. The molecule has 1 aliphatic carbocycles. The first kappa shape index (κ1) is 44.9. The fourth-order valence-corrected chi connectivity index (χ4v) is 9.88. The van der Waals surface area contributed by atoms with Crippen LogP contribution in [0.25, 0.3) is 0 Å². The summed E-state index contributed by atoms with van der Waals surface area (Å²) in [5.74, 6) is 0.352. The van der Waals surface area contributed by atoms with Gasteiger partial charge in [-0.2, -0.15) is 0 Å². The lowest BCUT2D eigenvalue weighted by Gasteiger charge is -2.40. The number of carbonyl (C=O) groups excluding carboxylic acids is 1. The van der Waals surface area contributed by atoms with E-state index in [1.54, 1.807) is 0 Å². The Labute approximate surface area is 311 Å². The van der Waals surface area contributed by atoms with Gasteiger partial charge in [0.15, 0.2) is 25.0 Å². The molecule has 5 atom stereocenters. The van der Waals surface area contributed by atoms with E-state index in [9.17, 15) is 4.79 Å². The highest BCUT2D eigenvalue weighted by Crippen LogP contribution is 2.48. The molecule has 0 saturated heterocycles.